The fraction of sp³-hybridized carbons (Fsp3) is 0.333. The summed E-state index contributed by atoms with van der Waals surface area (Å²) in [5, 5.41) is -0.170. The van der Waals surface area contributed by atoms with E-state index in [1.54, 1.807) is 0 Å². The third-order valence-corrected chi connectivity index (χ3v) is 6.19. The molecule has 1 heterocycles. The van der Waals surface area contributed by atoms with Crippen LogP contribution < -0.4 is 4.72 Å². The molecule has 1 atom stereocenters. The lowest BCUT2D eigenvalue weighted by atomic mass is 10.2. The lowest BCUT2D eigenvalue weighted by Gasteiger charge is -2.18. The molecule has 1 unspecified atom stereocenters. The Kier molecular flexibility index (Phi) is 5.81. The van der Waals surface area contributed by atoms with Crippen LogP contribution in [0.1, 0.15) is 17.5 Å². The van der Waals surface area contributed by atoms with Crippen LogP contribution in [0.15, 0.2) is 53.4 Å². The molecule has 3 rings (SSSR count). The second kappa shape index (κ2) is 7.79. The van der Waals surface area contributed by atoms with Crippen molar-refractivity contribution in [2.45, 2.75) is 30.1 Å². The molecule has 0 saturated carbocycles. The Morgan fingerprint density at radius 2 is 1.85 bits per heavy atom. The van der Waals surface area contributed by atoms with Gasteiger partial charge in [-0.15, -0.1) is 0 Å². The molecule has 1 N–H and O–H groups in total. The van der Waals surface area contributed by atoms with Crippen molar-refractivity contribution < 1.29 is 21.6 Å². The first-order chi connectivity index (χ1) is 12.6. The smallest absolute Gasteiger partial charge is 0.297 e. The zero-order chi connectivity index (χ0) is 19.7. The molecule has 0 bridgehead atoms. The summed E-state index contributed by atoms with van der Waals surface area (Å²) < 4.78 is 67.2. The maximum atomic E-state index is 13.2. The van der Waals surface area contributed by atoms with Crippen molar-refractivity contribution in [3.05, 3.63) is 64.7 Å². The minimum Gasteiger partial charge on any atom is -0.297 e. The van der Waals surface area contributed by atoms with E-state index in [2.05, 4.69) is 9.62 Å². The highest BCUT2D eigenvalue weighted by Gasteiger charge is 2.38. The van der Waals surface area contributed by atoms with Gasteiger partial charge in [0.05, 0.1) is 10.5 Å². The quantitative estimate of drug-likeness (QED) is 0.800. The van der Waals surface area contributed by atoms with E-state index in [1.807, 2.05) is 30.3 Å². The van der Waals surface area contributed by atoms with Crippen molar-refractivity contribution in [3.8, 4) is 0 Å². The number of hydrogen-bond acceptors (Lipinski definition) is 3. The molecule has 27 heavy (non-hydrogen) atoms. The molecule has 1 aliphatic rings. The highest BCUT2D eigenvalue weighted by molar-refractivity contribution is 7.89. The standard InChI is InChI=1S/C18H18ClF3N2O2S/c19-14-6-7-17(16(10-14)18(20,21)22)27(25,26)23-15-8-9-24(12-15)11-13-4-2-1-3-5-13/h1-7,10,15,23H,8-9,11-12H2. The number of halogens is 4. The van der Waals surface area contributed by atoms with Gasteiger partial charge in [0, 0.05) is 30.7 Å². The van der Waals surface area contributed by atoms with Gasteiger partial charge in [0.15, 0.2) is 0 Å². The molecular weight excluding hydrogens is 401 g/mol. The van der Waals surface area contributed by atoms with Crippen molar-refractivity contribution >= 4 is 21.6 Å². The van der Waals surface area contributed by atoms with Crippen LogP contribution in [0.3, 0.4) is 0 Å². The highest BCUT2D eigenvalue weighted by Crippen LogP contribution is 2.36. The van der Waals surface area contributed by atoms with Crippen LogP contribution in [0.5, 0.6) is 0 Å². The van der Waals surface area contributed by atoms with Gasteiger partial charge in [-0.3, -0.25) is 4.90 Å². The fourth-order valence-electron chi connectivity index (χ4n) is 3.16. The summed E-state index contributed by atoms with van der Waals surface area (Å²) in [4.78, 5) is 1.26. The van der Waals surface area contributed by atoms with Gasteiger partial charge in [0.25, 0.3) is 0 Å². The van der Waals surface area contributed by atoms with E-state index in [-0.39, 0.29) is 5.02 Å². The van der Waals surface area contributed by atoms with Crippen LogP contribution in [0.4, 0.5) is 13.2 Å². The van der Waals surface area contributed by atoms with Gasteiger partial charge in [-0.25, -0.2) is 13.1 Å². The van der Waals surface area contributed by atoms with Crippen molar-refractivity contribution in [2.75, 3.05) is 13.1 Å². The van der Waals surface area contributed by atoms with E-state index < -0.39 is 32.7 Å². The minimum absolute atomic E-state index is 0.170. The van der Waals surface area contributed by atoms with Gasteiger partial charge in [0.2, 0.25) is 10.0 Å². The number of sulfonamides is 1. The zero-order valence-electron chi connectivity index (χ0n) is 14.2. The lowest BCUT2D eigenvalue weighted by Crippen LogP contribution is -2.37. The van der Waals surface area contributed by atoms with E-state index >= 15 is 0 Å². The van der Waals surface area contributed by atoms with Crippen LogP contribution in [0.25, 0.3) is 0 Å². The van der Waals surface area contributed by atoms with Crippen LogP contribution in [-0.2, 0) is 22.7 Å². The average Bonchev–Trinajstić information content (AvgIpc) is 3.01. The van der Waals surface area contributed by atoms with Crippen LogP contribution in [-0.4, -0.2) is 32.4 Å². The van der Waals surface area contributed by atoms with E-state index in [9.17, 15) is 21.6 Å². The number of likely N-dealkylation sites (tertiary alicyclic amines) is 1. The third-order valence-electron chi connectivity index (χ3n) is 4.38. The molecule has 0 radical (unpaired) electrons. The summed E-state index contributed by atoms with van der Waals surface area (Å²) in [6, 6.07) is 11.9. The van der Waals surface area contributed by atoms with Crippen LogP contribution >= 0.6 is 11.6 Å². The SMILES string of the molecule is O=S(=O)(NC1CCN(Cc2ccccc2)C1)c1ccc(Cl)cc1C(F)(F)F. The molecule has 0 aromatic heterocycles. The second-order valence-corrected chi connectivity index (χ2v) is 8.58. The molecule has 0 amide bonds. The molecule has 146 valence electrons. The topological polar surface area (TPSA) is 49.4 Å². The summed E-state index contributed by atoms with van der Waals surface area (Å²) in [5.74, 6) is 0. The summed E-state index contributed by atoms with van der Waals surface area (Å²) in [6.45, 7) is 1.76. The van der Waals surface area contributed by atoms with E-state index in [1.165, 1.54) is 0 Å². The Bertz CT molecular complexity index is 905. The number of alkyl halides is 3. The van der Waals surface area contributed by atoms with Crippen LogP contribution in [0, 0.1) is 0 Å². The summed E-state index contributed by atoms with van der Waals surface area (Å²) in [5.41, 5.74) is -0.167. The van der Waals surface area contributed by atoms with E-state index in [0.29, 0.717) is 32.1 Å². The van der Waals surface area contributed by atoms with Gasteiger partial charge in [0.1, 0.15) is 0 Å². The molecule has 9 heteroatoms. The molecule has 1 aliphatic heterocycles. The first kappa shape index (κ1) is 20.1. The second-order valence-electron chi connectivity index (χ2n) is 6.47. The molecule has 2 aromatic rings. The lowest BCUT2D eigenvalue weighted by molar-refractivity contribution is -0.139. The minimum atomic E-state index is -4.82. The summed E-state index contributed by atoms with van der Waals surface area (Å²) in [6.07, 6.45) is -4.29. The Hall–Kier alpha value is -1.61. The number of hydrogen-bond donors (Lipinski definition) is 1. The van der Waals surface area contributed by atoms with Gasteiger partial charge in [-0.2, -0.15) is 13.2 Å². The van der Waals surface area contributed by atoms with Gasteiger partial charge in [-0.1, -0.05) is 41.9 Å². The normalized spacial score (nSPS) is 18.7. The predicted molar refractivity (Wildman–Crippen MR) is 96.9 cm³/mol. The third kappa shape index (κ3) is 5.01. The number of nitrogens with one attached hydrogen (secondary N) is 1. The first-order valence-electron chi connectivity index (χ1n) is 8.30. The van der Waals surface area contributed by atoms with Crippen molar-refractivity contribution in [1.82, 2.24) is 9.62 Å². The first-order valence-corrected chi connectivity index (χ1v) is 10.2. The molecule has 1 fully saturated rings. The maximum absolute atomic E-state index is 13.2. The van der Waals surface area contributed by atoms with E-state index in [4.69, 9.17) is 11.6 Å². The Balaban J connectivity index is 1.73. The average molecular weight is 419 g/mol. The molecule has 4 nitrogen and oxygen atoms in total. The van der Waals surface area contributed by atoms with Crippen LogP contribution in [0.2, 0.25) is 5.02 Å². The summed E-state index contributed by atoms with van der Waals surface area (Å²) in [7, 11) is -4.33. The van der Waals surface area contributed by atoms with E-state index in [0.717, 1.165) is 17.7 Å². The van der Waals surface area contributed by atoms with Crippen molar-refractivity contribution in [1.29, 1.82) is 0 Å². The number of nitrogens with zero attached hydrogens (tertiary/aromatic N) is 1. The molecule has 1 saturated heterocycles. The summed E-state index contributed by atoms with van der Waals surface area (Å²) >= 11 is 5.62. The Morgan fingerprint density at radius 1 is 1.15 bits per heavy atom. The Morgan fingerprint density at radius 3 is 2.52 bits per heavy atom. The number of rotatable bonds is 5. The highest BCUT2D eigenvalue weighted by atomic mass is 35.5. The largest absolute Gasteiger partial charge is 0.417 e. The van der Waals surface area contributed by atoms with Crippen molar-refractivity contribution in [2.24, 2.45) is 0 Å². The maximum Gasteiger partial charge on any atom is 0.417 e. The molecule has 2 aromatic carbocycles. The van der Waals surface area contributed by atoms with Gasteiger partial charge >= 0.3 is 6.18 Å². The predicted octanol–water partition coefficient (Wildman–Crippen LogP) is 3.91. The molecule has 0 spiro atoms. The molecular formula is C18H18ClF3N2O2S. The fourth-order valence-corrected chi connectivity index (χ4v) is 4.80. The monoisotopic (exact) mass is 418 g/mol. The zero-order valence-corrected chi connectivity index (χ0v) is 15.8. The Labute approximate surface area is 161 Å². The van der Waals surface area contributed by atoms with Crippen molar-refractivity contribution in [3.63, 3.8) is 0 Å². The molecule has 0 aliphatic carbocycles. The number of benzene rings is 2. The van der Waals surface area contributed by atoms with Gasteiger partial charge in [-0.05, 0) is 30.2 Å². The van der Waals surface area contributed by atoms with Gasteiger partial charge < -0.3 is 0 Å².